The average molecular weight is 294 g/mol. The first-order valence-electron chi connectivity index (χ1n) is 6.76. The van der Waals surface area contributed by atoms with Crippen LogP contribution in [-0.4, -0.2) is 31.6 Å². The van der Waals surface area contributed by atoms with Gasteiger partial charge in [0.2, 0.25) is 5.91 Å². The highest BCUT2D eigenvalue weighted by Crippen LogP contribution is 2.13. The Morgan fingerprint density at radius 1 is 1.33 bits per heavy atom. The normalized spacial score (nSPS) is 13.1. The predicted octanol–water partition coefficient (Wildman–Crippen LogP) is 0.838. The quantitative estimate of drug-likeness (QED) is 0.727. The molecule has 1 rings (SSSR count). The molecule has 21 heavy (non-hydrogen) atoms. The van der Waals surface area contributed by atoms with E-state index in [1.807, 2.05) is 6.07 Å². The lowest BCUT2D eigenvalue weighted by Crippen LogP contribution is -2.38. The molecule has 6 heteroatoms. The number of carbonyl (C=O) groups excluding carboxylic acids is 2. The number of ether oxygens (including phenoxy) is 2. The second-order valence-corrected chi connectivity index (χ2v) is 4.88. The van der Waals surface area contributed by atoms with Gasteiger partial charge in [-0.25, -0.2) is 4.79 Å². The number of hydrogen-bond acceptors (Lipinski definition) is 5. The molecule has 0 aliphatic carbocycles. The summed E-state index contributed by atoms with van der Waals surface area (Å²) in [5, 5.41) is 2.82. The number of carbonyl (C=O) groups is 2. The SMILES string of the molecule is COC(=O)COc1cccc(CNC(=O)C(C)C(C)N)c1. The minimum Gasteiger partial charge on any atom is -0.482 e. The topological polar surface area (TPSA) is 90.6 Å². The third-order valence-corrected chi connectivity index (χ3v) is 3.15. The van der Waals surface area contributed by atoms with Gasteiger partial charge in [-0.15, -0.1) is 0 Å². The van der Waals surface area contributed by atoms with E-state index in [4.69, 9.17) is 10.5 Å². The molecule has 0 spiro atoms. The maximum atomic E-state index is 11.8. The van der Waals surface area contributed by atoms with Gasteiger partial charge >= 0.3 is 5.97 Å². The lowest BCUT2D eigenvalue weighted by molar-refractivity contribution is -0.142. The van der Waals surface area contributed by atoms with Gasteiger partial charge in [0.1, 0.15) is 5.75 Å². The number of nitrogens with two attached hydrogens (primary N) is 1. The number of esters is 1. The smallest absolute Gasteiger partial charge is 0.343 e. The Bertz CT molecular complexity index is 488. The number of hydrogen-bond donors (Lipinski definition) is 2. The molecule has 0 fully saturated rings. The van der Waals surface area contributed by atoms with Crippen molar-refractivity contribution in [3.05, 3.63) is 29.8 Å². The second kappa shape index (κ2) is 8.26. The molecule has 0 saturated carbocycles. The van der Waals surface area contributed by atoms with Crippen molar-refractivity contribution in [1.29, 1.82) is 0 Å². The van der Waals surface area contributed by atoms with Crippen LogP contribution in [0, 0.1) is 5.92 Å². The minimum absolute atomic E-state index is 0.0918. The molecule has 0 bridgehead atoms. The first-order chi connectivity index (χ1) is 9.93. The highest BCUT2D eigenvalue weighted by Gasteiger charge is 2.16. The summed E-state index contributed by atoms with van der Waals surface area (Å²) in [6.45, 7) is 3.82. The van der Waals surface area contributed by atoms with Crippen LogP contribution in [0.3, 0.4) is 0 Å². The molecule has 1 aromatic rings. The summed E-state index contributed by atoms with van der Waals surface area (Å²) >= 11 is 0. The van der Waals surface area contributed by atoms with Crippen LogP contribution in [0.25, 0.3) is 0 Å². The molecule has 0 radical (unpaired) electrons. The summed E-state index contributed by atoms with van der Waals surface area (Å²) in [6.07, 6.45) is 0. The van der Waals surface area contributed by atoms with E-state index in [0.29, 0.717) is 12.3 Å². The van der Waals surface area contributed by atoms with Crippen molar-refractivity contribution in [2.24, 2.45) is 11.7 Å². The molecule has 116 valence electrons. The van der Waals surface area contributed by atoms with Crippen molar-refractivity contribution >= 4 is 11.9 Å². The van der Waals surface area contributed by atoms with Crippen LogP contribution in [0.5, 0.6) is 5.75 Å². The van der Waals surface area contributed by atoms with Gasteiger partial charge in [0.25, 0.3) is 0 Å². The summed E-state index contributed by atoms with van der Waals surface area (Å²) in [6, 6.07) is 6.96. The standard InChI is InChI=1S/C15H22N2O4/c1-10(11(2)16)15(19)17-8-12-5-4-6-13(7-12)21-9-14(18)20-3/h4-7,10-11H,8-9,16H2,1-3H3,(H,17,19). The summed E-state index contributed by atoms with van der Waals surface area (Å²) in [7, 11) is 1.30. The lowest BCUT2D eigenvalue weighted by atomic mass is 10.0. The third-order valence-electron chi connectivity index (χ3n) is 3.15. The van der Waals surface area contributed by atoms with Gasteiger partial charge in [-0.05, 0) is 24.6 Å². The largest absolute Gasteiger partial charge is 0.482 e. The summed E-state index contributed by atoms with van der Waals surface area (Å²) in [5.74, 6) is -0.235. The van der Waals surface area contributed by atoms with E-state index in [1.54, 1.807) is 32.0 Å². The Labute approximate surface area is 124 Å². The third kappa shape index (κ3) is 5.83. The monoisotopic (exact) mass is 294 g/mol. The minimum atomic E-state index is -0.445. The van der Waals surface area contributed by atoms with Crippen LogP contribution < -0.4 is 15.8 Å². The van der Waals surface area contributed by atoms with Gasteiger partial charge < -0.3 is 20.5 Å². The Kier molecular flexibility index (Phi) is 6.68. The maximum Gasteiger partial charge on any atom is 0.343 e. The Balaban J connectivity index is 2.53. The number of nitrogens with one attached hydrogen (secondary N) is 1. The van der Waals surface area contributed by atoms with Crippen LogP contribution in [0.15, 0.2) is 24.3 Å². The zero-order valence-corrected chi connectivity index (χ0v) is 12.6. The summed E-state index contributed by atoms with van der Waals surface area (Å²) in [5.41, 5.74) is 6.56. The van der Waals surface area contributed by atoms with Crippen molar-refractivity contribution < 1.29 is 19.1 Å². The summed E-state index contributed by atoms with van der Waals surface area (Å²) in [4.78, 5) is 22.8. The van der Waals surface area contributed by atoms with Crippen LogP contribution in [0.4, 0.5) is 0 Å². The van der Waals surface area contributed by atoms with Crippen molar-refractivity contribution in [2.75, 3.05) is 13.7 Å². The zero-order chi connectivity index (χ0) is 15.8. The Morgan fingerprint density at radius 2 is 2.05 bits per heavy atom. The van der Waals surface area contributed by atoms with Crippen molar-refractivity contribution in [3.8, 4) is 5.75 Å². The number of amides is 1. The molecule has 0 aliphatic rings. The van der Waals surface area contributed by atoms with Crippen LogP contribution >= 0.6 is 0 Å². The first kappa shape index (κ1) is 17.0. The van der Waals surface area contributed by atoms with E-state index in [9.17, 15) is 9.59 Å². The van der Waals surface area contributed by atoms with E-state index in [1.165, 1.54) is 7.11 Å². The summed E-state index contributed by atoms with van der Waals surface area (Å²) < 4.78 is 9.78. The van der Waals surface area contributed by atoms with Gasteiger partial charge in [-0.2, -0.15) is 0 Å². The van der Waals surface area contributed by atoms with Crippen LogP contribution in [-0.2, 0) is 20.9 Å². The van der Waals surface area contributed by atoms with Crippen molar-refractivity contribution in [1.82, 2.24) is 5.32 Å². The van der Waals surface area contributed by atoms with E-state index < -0.39 is 5.97 Å². The number of methoxy groups -OCH3 is 1. The fourth-order valence-electron chi connectivity index (χ4n) is 1.54. The van der Waals surface area contributed by atoms with Gasteiger partial charge in [0, 0.05) is 18.5 Å². The molecule has 0 aliphatic heterocycles. The predicted molar refractivity (Wildman–Crippen MR) is 78.6 cm³/mol. The lowest BCUT2D eigenvalue weighted by Gasteiger charge is -2.15. The van der Waals surface area contributed by atoms with Crippen molar-refractivity contribution in [2.45, 2.75) is 26.4 Å². The highest BCUT2D eigenvalue weighted by molar-refractivity contribution is 5.78. The van der Waals surface area contributed by atoms with Crippen LogP contribution in [0.2, 0.25) is 0 Å². The molecular weight excluding hydrogens is 272 g/mol. The first-order valence-corrected chi connectivity index (χ1v) is 6.76. The molecule has 0 heterocycles. The van der Waals surface area contributed by atoms with Gasteiger partial charge in [0.05, 0.1) is 7.11 Å². The number of rotatable bonds is 7. The van der Waals surface area contributed by atoms with Gasteiger partial charge in [0.15, 0.2) is 6.61 Å². The van der Waals surface area contributed by atoms with E-state index >= 15 is 0 Å². The molecule has 0 saturated heterocycles. The number of benzene rings is 1. The average Bonchev–Trinajstić information content (AvgIpc) is 2.49. The Morgan fingerprint density at radius 3 is 2.67 bits per heavy atom. The fraction of sp³-hybridized carbons (Fsp3) is 0.467. The second-order valence-electron chi connectivity index (χ2n) is 4.88. The van der Waals surface area contributed by atoms with Crippen LogP contribution in [0.1, 0.15) is 19.4 Å². The molecule has 1 aromatic carbocycles. The Hall–Kier alpha value is -2.08. The molecule has 3 N–H and O–H groups in total. The molecule has 2 atom stereocenters. The van der Waals surface area contributed by atoms with Gasteiger partial charge in [-0.1, -0.05) is 19.1 Å². The van der Waals surface area contributed by atoms with E-state index in [2.05, 4.69) is 10.1 Å². The maximum absolute atomic E-state index is 11.8. The van der Waals surface area contributed by atoms with Crippen molar-refractivity contribution in [3.63, 3.8) is 0 Å². The molecule has 0 aromatic heterocycles. The highest BCUT2D eigenvalue weighted by atomic mass is 16.6. The molecular formula is C15H22N2O4. The van der Waals surface area contributed by atoms with Gasteiger partial charge in [-0.3, -0.25) is 4.79 Å². The zero-order valence-electron chi connectivity index (χ0n) is 12.6. The molecule has 1 amide bonds. The van der Waals surface area contributed by atoms with E-state index in [0.717, 1.165) is 5.56 Å². The fourth-order valence-corrected chi connectivity index (χ4v) is 1.54. The molecule has 6 nitrogen and oxygen atoms in total. The van der Waals surface area contributed by atoms with E-state index in [-0.39, 0.29) is 24.5 Å². The molecule has 2 unspecified atom stereocenters.